The van der Waals surface area contributed by atoms with Gasteiger partial charge in [-0.2, -0.15) is 4.98 Å². The van der Waals surface area contributed by atoms with E-state index in [4.69, 9.17) is 15.2 Å². The van der Waals surface area contributed by atoms with Crippen LogP contribution < -0.4 is 15.2 Å². The van der Waals surface area contributed by atoms with E-state index in [2.05, 4.69) is 9.97 Å². The highest BCUT2D eigenvalue weighted by molar-refractivity contribution is 5.94. The van der Waals surface area contributed by atoms with Gasteiger partial charge in [0.15, 0.2) is 0 Å². The molecule has 0 saturated heterocycles. The lowest BCUT2D eigenvalue weighted by Gasteiger charge is -2.25. The van der Waals surface area contributed by atoms with Crippen LogP contribution in [0.5, 0.6) is 11.9 Å². The van der Waals surface area contributed by atoms with E-state index >= 15 is 0 Å². The molecule has 2 rings (SSSR count). The molecule has 1 heterocycles. The van der Waals surface area contributed by atoms with Gasteiger partial charge in [0.2, 0.25) is 5.88 Å². The van der Waals surface area contributed by atoms with Gasteiger partial charge in [-0.3, -0.25) is 4.79 Å². The summed E-state index contributed by atoms with van der Waals surface area (Å²) in [6.07, 6.45) is 4.62. The van der Waals surface area contributed by atoms with Crippen LogP contribution in [0.25, 0.3) is 0 Å². The summed E-state index contributed by atoms with van der Waals surface area (Å²) >= 11 is 0. The zero-order chi connectivity index (χ0) is 13.1. The smallest absolute Gasteiger partial charge is 0.319 e. The fourth-order valence-corrected chi connectivity index (χ4v) is 1.53. The van der Waals surface area contributed by atoms with E-state index in [0.29, 0.717) is 0 Å². The van der Waals surface area contributed by atoms with Crippen molar-refractivity contribution < 1.29 is 14.3 Å². The van der Waals surface area contributed by atoms with Crippen molar-refractivity contribution in [1.82, 2.24) is 9.97 Å². The molecule has 0 aromatic carbocycles. The largest absolute Gasteiger partial charge is 0.474 e. The van der Waals surface area contributed by atoms with Crippen molar-refractivity contribution in [3.8, 4) is 11.9 Å². The van der Waals surface area contributed by atoms with Crippen molar-refractivity contribution in [2.75, 3.05) is 0 Å². The minimum atomic E-state index is -0.610. The minimum absolute atomic E-state index is 0.102. The van der Waals surface area contributed by atoms with Gasteiger partial charge in [-0.25, -0.2) is 4.98 Å². The highest BCUT2D eigenvalue weighted by Gasteiger charge is 2.22. The molecule has 1 fully saturated rings. The Morgan fingerprint density at radius 3 is 2.72 bits per heavy atom. The van der Waals surface area contributed by atoms with Crippen molar-refractivity contribution in [3.05, 3.63) is 11.8 Å². The zero-order valence-corrected chi connectivity index (χ0v) is 10.5. The van der Waals surface area contributed by atoms with Gasteiger partial charge in [0.1, 0.15) is 11.7 Å². The second kappa shape index (κ2) is 5.20. The first-order chi connectivity index (χ1) is 8.56. The molecule has 1 aromatic rings. The third-order valence-corrected chi connectivity index (χ3v) is 2.67. The van der Waals surface area contributed by atoms with Crippen molar-refractivity contribution in [2.45, 2.75) is 45.3 Å². The van der Waals surface area contributed by atoms with Crippen molar-refractivity contribution in [2.24, 2.45) is 5.73 Å². The average Bonchev–Trinajstić information content (AvgIpc) is 2.22. The first-order valence-corrected chi connectivity index (χ1v) is 6.06. The number of carbonyl (C=O) groups excluding carboxylic acids is 1. The van der Waals surface area contributed by atoms with Crippen molar-refractivity contribution >= 4 is 5.91 Å². The number of amides is 1. The summed E-state index contributed by atoms with van der Waals surface area (Å²) in [4.78, 5) is 19.3. The standard InChI is InChI=1S/C12H17N3O3/c1-7(2)17-11-9(10(13)16)6-14-12(15-11)18-8-4-3-5-8/h6-8H,3-5H2,1-2H3,(H2,13,16). The van der Waals surface area contributed by atoms with Gasteiger partial charge in [0, 0.05) is 0 Å². The van der Waals surface area contributed by atoms with E-state index in [-0.39, 0.29) is 29.7 Å². The van der Waals surface area contributed by atoms with Crippen LogP contribution in [0.2, 0.25) is 0 Å². The molecule has 0 radical (unpaired) electrons. The fourth-order valence-electron chi connectivity index (χ4n) is 1.53. The Labute approximate surface area is 106 Å². The Hall–Kier alpha value is -1.85. The molecule has 0 spiro atoms. The predicted molar refractivity (Wildman–Crippen MR) is 64.6 cm³/mol. The summed E-state index contributed by atoms with van der Waals surface area (Å²) < 4.78 is 11.0. The Morgan fingerprint density at radius 1 is 1.50 bits per heavy atom. The Balaban J connectivity index is 2.19. The number of hydrogen-bond acceptors (Lipinski definition) is 5. The zero-order valence-electron chi connectivity index (χ0n) is 10.5. The number of hydrogen-bond donors (Lipinski definition) is 1. The molecule has 6 heteroatoms. The summed E-state index contributed by atoms with van der Waals surface area (Å²) in [7, 11) is 0. The van der Waals surface area contributed by atoms with Crippen molar-refractivity contribution in [1.29, 1.82) is 0 Å². The van der Waals surface area contributed by atoms with Crippen molar-refractivity contribution in [3.63, 3.8) is 0 Å². The van der Waals surface area contributed by atoms with Crippen LogP contribution in [0.1, 0.15) is 43.5 Å². The van der Waals surface area contributed by atoms with E-state index in [1.807, 2.05) is 13.8 Å². The quantitative estimate of drug-likeness (QED) is 0.852. The highest BCUT2D eigenvalue weighted by Crippen LogP contribution is 2.25. The van der Waals surface area contributed by atoms with Crippen LogP contribution in [-0.4, -0.2) is 28.1 Å². The van der Waals surface area contributed by atoms with Gasteiger partial charge in [-0.15, -0.1) is 0 Å². The minimum Gasteiger partial charge on any atom is -0.474 e. The molecule has 1 aromatic heterocycles. The lowest BCUT2D eigenvalue weighted by molar-refractivity contribution is 0.0982. The van der Waals surface area contributed by atoms with Gasteiger partial charge in [0.25, 0.3) is 5.91 Å². The first kappa shape index (κ1) is 12.6. The summed E-state index contributed by atoms with van der Waals surface area (Å²) in [6.45, 7) is 3.69. The van der Waals surface area contributed by atoms with Crippen LogP contribution in [-0.2, 0) is 0 Å². The predicted octanol–water partition coefficient (Wildman–Crippen LogP) is 1.29. The molecular weight excluding hydrogens is 234 g/mol. The molecular formula is C12H17N3O3. The Kier molecular flexibility index (Phi) is 3.64. The van der Waals surface area contributed by atoms with E-state index in [1.165, 1.54) is 12.6 Å². The summed E-state index contributed by atoms with van der Waals surface area (Å²) in [5.41, 5.74) is 5.41. The summed E-state index contributed by atoms with van der Waals surface area (Å²) in [6, 6.07) is 0.236. The number of ether oxygens (including phenoxy) is 2. The fraction of sp³-hybridized carbons (Fsp3) is 0.583. The number of rotatable bonds is 5. The van der Waals surface area contributed by atoms with E-state index < -0.39 is 5.91 Å². The number of nitrogens with zero attached hydrogens (tertiary/aromatic N) is 2. The monoisotopic (exact) mass is 251 g/mol. The van der Waals surface area contributed by atoms with Gasteiger partial charge in [-0.1, -0.05) is 0 Å². The van der Waals surface area contributed by atoms with Crippen LogP contribution in [0.3, 0.4) is 0 Å². The molecule has 1 aliphatic carbocycles. The molecule has 1 aliphatic rings. The maximum absolute atomic E-state index is 11.2. The third-order valence-electron chi connectivity index (χ3n) is 2.67. The normalized spacial score (nSPS) is 15.3. The average molecular weight is 251 g/mol. The van der Waals surface area contributed by atoms with Crippen LogP contribution in [0.4, 0.5) is 0 Å². The third kappa shape index (κ3) is 2.88. The van der Waals surface area contributed by atoms with Crippen LogP contribution in [0, 0.1) is 0 Å². The molecule has 0 bridgehead atoms. The van der Waals surface area contributed by atoms with Gasteiger partial charge >= 0.3 is 6.01 Å². The molecule has 2 N–H and O–H groups in total. The first-order valence-electron chi connectivity index (χ1n) is 6.06. The van der Waals surface area contributed by atoms with E-state index in [9.17, 15) is 4.79 Å². The number of nitrogens with two attached hydrogens (primary N) is 1. The van der Waals surface area contributed by atoms with E-state index in [1.54, 1.807) is 0 Å². The maximum atomic E-state index is 11.2. The lowest BCUT2D eigenvalue weighted by Crippen LogP contribution is -2.26. The van der Waals surface area contributed by atoms with Gasteiger partial charge in [0.05, 0.1) is 12.3 Å². The molecule has 18 heavy (non-hydrogen) atoms. The van der Waals surface area contributed by atoms with Crippen LogP contribution in [0.15, 0.2) is 6.20 Å². The molecule has 0 unspecified atom stereocenters. The Morgan fingerprint density at radius 2 is 2.22 bits per heavy atom. The SMILES string of the molecule is CC(C)Oc1nc(OC2CCC2)ncc1C(N)=O. The second-order valence-corrected chi connectivity index (χ2v) is 4.57. The topological polar surface area (TPSA) is 87.3 Å². The lowest BCUT2D eigenvalue weighted by atomic mass is 9.96. The van der Waals surface area contributed by atoms with Crippen LogP contribution >= 0.6 is 0 Å². The maximum Gasteiger partial charge on any atom is 0.319 e. The molecule has 0 atom stereocenters. The Bertz CT molecular complexity index is 444. The molecule has 1 saturated carbocycles. The molecule has 6 nitrogen and oxygen atoms in total. The molecule has 1 amide bonds. The van der Waals surface area contributed by atoms with Gasteiger partial charge in [-0.05, 0) is 33.1 Å². The number of aromatic nitrogens is 2. The highest BCUT2D eigenvalue weighted by atomic mass is 16.5. The van der Waals surface area contributed by atoms with E-state index in [0.717, 1.165) is 12.8 Å². The number of primary amides is 1. The summed E-state index contributed by atoms with van der Waals surface area (Å²) in [5, 5.41) is 0. The van der Waals surface area contributed by atoms with Gasteiger partial charge < -0.3 is 15.2 Å². The number of carbonyl (C=O) groups is 1. The summed E-state index contributed by atoms with van der Waals surface area (Å²) in [5.74, 6) is -0.428. The molecule has 98 valence electrons. The second-order valence-electron chi connectivity index (χ2n) is 4.57. The molecule has 0 aliphatic heterocycles.